The molecule has 0 amide bonds. The van der Waals surface area contributed by atoms with Crippen LogP contribution in [0.25, 0.3) is 0 Å². The van der Waals surface area contributed by atoms with E-state index in [1.165, 1.54) is 11.8 Å². The number of hydrogen-bond donors (Lipinski definition) is 2. The standard InChI is InChI=1S/C13H18N4O2S2/c1-17-7-6-15-13(17)10-16-21(18,19)9-8-20-12-5-3-2-4-11(12)14/h2-7,16H,8-10,14H2,1H3. The van der Waals surface area contributed by atoms with Crippen molar-refractivity contribution in [3.05, 3.63) is 42.5 Å². The average molecular weight is 326 g/mol. The van der Waals surface area contributed by atoms with Gasteiger partial charge in [0, 0.05) is 35.8 Å². The fourth-order valence-electron chi connectivity index (χ4n) is 1.69. The zero-order chi connectivity index (χ0) is 15.3. The first-order valence-corrected chi connectivity index (χ1v) is 9.02. The zero-order valence-corrected chi connectivity index (χ0v) is 13.3. The van der Waals surface area contributed by atoms with Crippen molar-refractivity contribution in [2.45, 2.75) is 11.4 Å². The highest BCUT2D eigenvalue weighted by Gasteiger charge is 2.12. The Balaban J connectivity index is 1.82. The number of anilines is 1. The molecule has 2 aromatic rings. The third kappa shape index (κ3) is 4.76. The van der Waals surface area contributed by atoms with Crippen molar-refractivity contribution >= 4 is 27.5 Å². The van der Waals surface area contributed by atoms with Crippen LogP contribution in [0.3, 0.4) is 0 Å². The molecule has 0 radical (unpaired) electrons. The zero-order valence-electron chi connectivity index (χ0n) is 11.7. The molecule has 6 nitrogen and oxygen atoms in total. The number of thioether (sulfide) groups is 1. The molecule has 0 unspecified atom stereocenters. The average Bonchev–Trinajstić information content (AvgIpc) is 2.84. The summed E-state index contributed by atoms with van der Waals surface area (Å²) in [6.45, 7) is 0.198. The molecule has 2 rings (SSSR count). The minimum Gasteiger partial charge on any atom is -0.398 e. The first kappa shape index (κ1) is 15.9. The summed E-state index contributed by atoms with van der Waals surface area (Å²) in [5.74, 6) is 1.17. The van der Waals surface area contributed by atoms with E-state index >= 15 is 0 Å². The molecule has 0 atom stereocenters. The maximum absolute atomic E-state index is 11.9. The van der Waals surface area contributed by atoms with Gasteiger partial charge in [-0.05, 0) is 12.1 Å². The van der Waals surface area contributed by atoms with E-state index in [-0.39, 0.29) is 12.3 Å². The van der Waals surface area contributed by atoms with Crippen LogP contribution in [0.1, 0.15) is 5.82 Å². The SMILES string of the molecule is Cn1ccnc1CNS(=O)(=O)CCSc1ccccc1N. The van der Waals surface area contributed by atoms with Crippen LogP contribution in [0.2, 0.25) is 0 Å². The van der Waals surface area contributed by atoms with Gasteiger partial charge in [0.2, 0.25) is 10.0 Å². The first-order chi connectivity index (χ1) is 9.98. The van der Waals surface area contributed by atoms with Gasteiger partial charge in [0.05, 0.1) is 12.3 Å². The van der Waals surface area contributed by atoms with Gasteiger partial charge in [-0.2, -0.15) is 0 Å². The molecule has 21 heavy (non-hydrogen) atoms. The minimum absolute atomic E-state index is 0.0381. The van der Waals surface area contributed by atoms with Crippen molar-refractivity contribution in [2.24, 2.45) is 7.05 Å². The number of sulfonamides is 1. The Morgan fingerprint density at radius 3 is 2.81 bits per heavy atom. The van der Waals surface area contributed by atoms with Gasteiger partial charge in [0.15, 0.2) is 0 Å². The molecule has 1 aromatic heterocycles. The van der Waals surface area contributed by atoms with Gasteiger partial charge in [-0.1, -0.05) is 12.1 Å². The molecule has 0 aliphatic heterocycles. The van der Waals surface area contributed by atoms with Crippen LogP contribution in [-0.2, 0) is 23.6 Å². The van der Waals surface area contributed by atoms with Crippen molar-refractivity contribution < 1.29 is 8.42 Å². The van der Waals surface area contributed by atoms with Crippen LogP contribution < -0.4 is 10.5 Å². The Hall–Kier alpha value is -1.51. The molecular weight excluding hydrogens is 308 g/mol. The Morgan fingerprint density at radius 2 is 2.14 bits per heavy atom. The van der Waals surface area contributed by atoms with E-state index in [4.69, 9.17) is 5.73 Å². The quantitative estimate of drug-likeness (QED) is 0.590. The molecule has 1 heterocycles. The summed E-state index contributed by atoms with van der Waals surface area (Å²) in [5, 5.41) is 0. The van der Waals surface area contributed by atoms with Crippen molar-refractivity contribution in [2.75, 3.05) is 17.2 Å². The fraction of sp³-hybridized carbons (Fsp3) is 0.308. The maximum Gasteiger partial charge on any atom is 0.212 e. The third-order valence-corrected chi connectivity index (χ3v) is 5.58. The van der Waals surface area contributed by atoms with Gasteiger partial charge >= 0.3 is 0 Å². The lowest BCUT2D eigenvalue weighted by atomic mass is 10.3. The number of rotatable bonds is 7. The second kappa shape index (κ2) is 6.97. The number of hydrogen-bond acceptors (Lipinski definition) is 5. The summed E-state index contributed by atoms with van der Waals surface area (Å²) >= 11 is 1.44. The van der Waals surface area contributed by atoms with E-state index in [1.54, 1.807) is 23.0 Å². The summed E-state index contributed by atoms with van der Waals surface area (Å²) < 4.78 is 28.2. The summed E-state index contributed by atoms with van der Waals surface area (Å²) in [5.41, 5.74) is 6.48. The van der Waals surface area contributed by atoms with E-state index in [0.717, 1.165) is 4.90 Å². The number of aromatic nitrogens is 2. The summed E-state index contributed by atoms with van der Waals surface area (Å²) in [7, 11) is -1.50. The van der Waals surface area contributed by atoms with Crippen LogP contribution in [0.5, 0.6) is 0 Å². The van der Waals surface area contributed by atoms with Crippen LogP contribution in [0.4, 0.5) is 5.69 Å². The predicted molar refractivity (Wildman–Crippen MR) is 85.4 cm³/mol. The lowest BCUT2D eigenvalue weighted by Crippen LogP contribution is -2.28. The predicted octanol–water partition coefficient (Wildman–Crippen LogP) is 1.21. The Morgan fingerprint density at radius 1 is 1.38 bits per heavy atom. The van der Waals surface area contributed by atoms with Crippen molar-refractivity contribution in [1.82, 2.24) is 14.3 Å². The van der Waals surface area contributed by atoms with E-state index in [9.17, 15) is 8.42 Å². The van der Waals surface area contributed by atoms with E-state index in [1.807, 2.05) is 25.2 Å². The van der Waals surface area contributed by atoms with Gasteiger partial charge in [0.25, 0.3) is 0 Å². The number of para-hydroxylation sites is 1. The van der Waals surface area contributed by atoms with Crippen molar-refractivity contribution in [3.8, 4) is 0 Å². The first-order valence-electron chi connectivity index (χ1n) is 6.39. The Bertz CT molecular complexity index is 698. The van der Waals surface area contributed by atoms with Crippen LogP contribution in [-0.4, -0.2) is 29.5 Å². The second-order valence-electron chi connectivity index (χ2n) is 4.48. The van der Waals surface area contributed by atoms with E-state index < -0.39 is 10.0 Å². The second-order valence-corrected chi connectivity index (χ2v) is 7.54. The van der Waals surface area contributed by atoms with Crippen molar-refractivity contribution in [1.29, 1.82) is 0 Å². The molecule has 3 N–H and O–H groups in total. The minimum atomic E-state index is -3.32. The lowest BCUT2D eigenvalue weighted by Gasteiger charge is -2.07. The summed E-state index contributed by atoms with van der Waals surface area (Å²) in [6, 6.07) is 7.42. The van der Waals surface area contributed by atoms with Crippen molar-refractivity contribution in [3.63, 3.8) is 0 Å². The van der Waals surface area contributed by atoms with Gasteiger partial charge in [-0.25, -0.2) is 18.1 Å². The Labute approximate surface area is 128 Å². The van der Waals surface area contributed by atoms with Gasteiger partial charge < -0.3 is 10.3 Å². The molecule has 0 fully saturated rings. The number of nitrogens with two attached hydrogens (primary N) is 1. The van der Waals surface area contributed by atoms with Crippen LogP contribution in [0.15, 0.2) is 41.6 Å². The highest BCUT2D eigenvalue weighted by atomic mass is 32.2. The lowest BCUT2D eigenvalue weighted by molar-refractivity contribution is 0.579. The largest absolute Gasteiger partial charge is 0.398 e. The van der Waals surface area contributed by atoms with Gasteiger partial charge in [-0.3, -0.25) is 0 Å². The number of nitrogens with one attached hydrogen (secondary N) is 1. The number of nitrogen functional groups attached to an aromatic ring is 1. The molecule has 0 bridgehead atoms. The summed E-state index contributed by atoms with van der Waals surface area (Å²) in [6.07, 6.45) is 3.41. The van der Waals surface area contributed by atoms with Crippen LogP contribution in [0, 0.1) is 0 Å². The molecule has 0 spiro atoms. The van der Waals surface area contributed by atoms with E-state index in [2.05, 4.69) is 9.71 Å². The highest BCUT2D eigenvalue weighted by molar-refractivity contribution is 8.00. The summed E-state index contributed by atoms with van der Waals surface area (Å²) in [4.78, 5) is 4.97. The van der Waals surface area contributed by atoms with E-state index in [0.29, 0.717) is 17.3 Å². The number of benzene rings is 1. The molecule has 0 aliphatic carbocycles. The number of nitrogens with zero attached hydrogens (tertiary/aromatic N) is 2. The third-order valence-electron chi connectivity index (χ3n) is 2.90. The number of imidazole rings is 1. The molecule has 0 saturated heterocycles. The topological polar surface area (TPSA) is 90.0 Å². The Kier molecular flexibility index (Phi) is 5.27. The molecule has 0 aliphatic rings. The molecule has 1 aromatic carbocycles. The van der Waals surface area contributed by atoms with Gasteiger partial charge in [0.1, 0.15) is 5.82 Å². The van der Waals surface area contributed by atoms with Crippen LogP contribution >= 0.6 is 11.8 Å². The highest BCUT2D eigenvalue weighted by Crippen LogP contribution is 2.24. The van der Waals surface area contributed by atoms with Gasteiger partial charge in [-0.15, -0.1) is 11.8 Å². The smallest absolute Gasteiger partial charge is 0.212 e. The fourth-order valence-corrected chi connectivity index (χ4v) is 4.02. The molecule has 114 valence electrons. The molecular formula is C13H18N4O2S2. The normalized spacial score (nSPS) is 11.7. The number of aryl methyl sites for hydroxylation is 1. The maximum atomic E-state index is 11.9. The monoisotopic (exact) mass is 326 g/mol. The molecule has 8 heteroatoms. The molecule has 0 saturated carbocycles.